The summed E-state index contributed by atoms with van der Waals surface area (Å²) >= 11 is 0. The summed E-state index contributed by atoms with van der Waals surface area (Å²) in [6.07, 6.45) is 36.6. The van der Waals surface area contributed by atoms with E-state index < -0.39 is 24.3 Å². The van der Waals surface area contributed by atoms with Gasteiger partial charge < -0.3 is 31.1 Å². The number of rotatable bonds is 32. The van der Waals surface area contributed by atoms with Crippen LogP contribution in [0.4, 0.5) is 0 Å². The van der Waals surface area contributed by atoms with Crippen LogP contribution in [0.2, 0.25) is 0 Å². The Bertz CT molecular complexity index is 698. The second-order valence-corrected chi connectivity index (χ2v) is 13.5. The Balaban J connectivity index is 0. The lowest BCUT2D eigenvalue weighted by Crippen LogP contribution is -2.44. The first-order valence-corrected chi connectivity index (χ1v) is 19.7. The minimum atomic E-state index is -0.827. The molecule has 4 unspecified atom stereocenters. The predicted molar refractivity (Wildman–Crippen MR) is 202 cm³/mol. The van der Waals surface area contributed by atoms with E-state index in [1.54, 1.807) is 12.2 Å². The van der Waals surface area contributed by atoms with E-state index in [0.29, 0.717) is 0 Å². The highest BCUT2D eigenvalue weighted by atomic mass is 16.3. The molecule has 0 fully saturated rings. The Labute approximate surface area is 295 Å². The molecule has 0 radical (unpaired) electrons. The van der Waals surface area contributed by atoms with E-state index in [-0.39, 0.29) is 25.0 Å². The fourth-order valence-electron chi connectivity index (χ4n) is 5.59. The Kier molecular flexibility index (Phi) is 38.4. The minimum Gasteiger partial charge on any atom is -0.394 e. The number of aliphatic hydroxyl groups excluding tert-OH is 4. The Morgan fingerprint density at radius 2 is 0.729 bits per heavy atom. The zero-order chi connectivity index (χ0) is 36.1. The maximum absolute atomic E-state index is 10.9. The van der Waals surface area contributed by atoms with Crippen LogP contribution in [0.25, 0.3) is 0 Å². The quantitative estimate of drug-likeness (QED) is 0.0312. The summed E-state index contributed by atoms with van der Waals surface area (Å²) in [6.45, 7) is 6.75. The zero-order valence-corrected chi connectivity index (χ0v) is 31.6. The maximum Gasteiger partial charge on any atom is 0.217 e. The molecule has 0 saturated heterocycles. The van der Waals surface area contributed by atoms with E-state index >= 15 is 0 Å². The summed E-state index contributed by atoms with van der Waals surface area (Å²) in [7, 11) is 0. The van der Waals surface area contributed by atoms with Crippen molar-refractivity contribution in [1.82, 2.24) is 10.6 Å². The van der Waals surface area contributed by atoms with Crippen molar-refractivity contribution in [3.8, 4) is 0 Å². The minimum absolute atomic E-state index is 0.244. The number of allylic oxidation sites excluding steroid dienone is 2. The lowest BCUT2D eigenvalue weighted by atomic mass is 10.0. The van der Waals surface area contributed by atoms with Gasteiger partial charge >= 0.3 is 0 Å². The normalized spacial score (nSPS) is 14.0. The summed E-state index contributed by atoms with van der Waals surface area (Å²) in [5, 5.41) is 43.1. The van der Waals surface area contributed by atoms with Gasteiger partial charge in [-0.15, -0.1) is 0 Å². The topological polar surface area (TPSA) is 139 Å². The molecule has 0 aromatic carbocycles. The van der Waals surface area contributed by atoms with Gasteiger partial charge in [0.1, 0.15) is 0 Å². The lowest BCUT2D eigenvalue weighted by molar-refractivity contribution is -0.121. The molecule has 0 aliphatic carbocycles. The highest BCUT2D eigenvalue weighted by molar-refractivity contribution is 5.73. The van der Waals surface area contributed by atoms with E-state index in [2.05, 4.69) is 24.5 Å². The van der Waals surface area contributed by atoms with Crippen molar-refractivity contribution >= 4 is 11.8 Å². The summed E-state index contributed by atoms with van der Waals surface area (Å²) in [5.74, 6) is -0.487. The summed E-state index contributed by atoms with van der Waals surface area (Å²) in [4.78, 5) is 21.9. The van der Waals surface area contributed by atoms with Crippen molar-refractivity contribution in [3.05, 3.63) is 24.3 Å². The van der Waals surface area contributed by atoms with Crippen LogP contribution in [-0.4, -0.2) is 69.7 Å². The van der Waals surface area contributed by atoms with E-state index in [1.807, 2.05) is 12.2 Å². The van der Waals surface area contributed by atoms with Gasteiger partial charge in [-0.3, -0.25) is 9.59 Å². The van der Waals surface area contributed by atoms with Gasteiger partial charge in [-0.05, 0) is 25.7 Å². The molecule has 2 amide bonds. The lowest BCUT2D eigenvalue weighted by Gasteiger charge is -2.18. The van der Waals surface area contributed by atoms with Crippen LogP contribution < -0.4 is 10.6 Å². The number of amides is 2. The first-order chi connectivity index (χ1) is 23.2. The van der Waals surface area contributed by atoms with Gasteiger partial charge in [0.25, 0.3) is 0 Å². The molecule has 8 nitrogen and oxygen atoms in total. The van der Waals surface area contributed by atoms with Crippen molar-refractivity contribution in [2.75, 3.05) is 13.2 Å². The van der Waals surface area contributed by atoms with Crippen LogP contribution in [0.3, 0.4) is 0 Å². The highest BCUT2D eigenvalue weighted by Gasteiger charge is 2.17. The van der Waals surface area contributed by atoms with Crippen molar-refractivity contribution in [2.45, 2.75) is 206 Å². The SMILES string of the molecule is CCCCCCCCCCCCC/C=C/C(O)C(CO)NC(C)=O.CCCCCCCCCCCCC/C=C/C(O)C(CO)NC(C)=O. The number of nitrogens with one attached hydrogen (secondary N) is 2. The van der Waals surface area contributed by atoms with E-state index in [0.717, 1.165) is 25.7 Å². The maximum atomic E-state index is 10.9. The first kappa shape index (κ1) is 48.4. The molecular weight excluding hydrogens is 604 g/mol. The van der Waals surface area contributed by atoms with Gasteiger partial charge in [-0.25, -0.2) is 0 Å². The first-order valence-electron chi connectivity index (χ1n) is 19.7. The summed E-state index contributed by atoms with van der Waals surface area (Å²) in [5.41, 5.74) is 0. The molecular formula is C40H78N2O6. The Morgan fingerprint density at radius 1 is 0.479 bits per heavy atom. The third kappa shape index (κ3) is 35.6. The van der Waals surface area contributed by atoms with Gasteiger partial charge in [0.15, 0.2) is 0 Å². The van der Waals surface area contributed by atoms with Crippen LogP contribution in [0.5, 0.6) is 0 Å². The molecule has 0 aromatic rings. The molecule has 0 bridgehead atoms. The molecule has 284 valence electrons. The standard InChI is InChI=1S/2C20H39NO3/c2*1-3-4-5-6-7-8-9-10-11-12-13-14-15-16-20(24)19(17-22)21-18(2)23/h2*15-16,19-20,22,24H,3-14,17H2,1-2H3,(H,21,23)/b2*16-15+. The van der Waals surface area contributed by atoms with Gasteiger partial charge in [-0.2, -0.15) is 0 Å². The fraction of sp³-hybridized carbons (Fsp3) is 0.850. The number of hydrogen-bond donors (Lipinski definition) is 6. The third-order valence-corrected chi connectivity index (χ3v) is 8.61. The molecule has 4 atom stereocenters. The smallest absolute Gasteiger partial charge is 0.217 e. The zero-order valence-electron chi connectivity index (χ0n) is 31.6. The third-order valence-electron chi connectivity index (χ3n) is 8.61. The molecule has 0 heterocycles. The van der Waals surface area contributed by atoms with E-state index in [4.69, 9.17) is 10.2 Å². The van der Waals surface area contributed by atoms with Crippen molar-refractivity contribution < 1.29 is 30.0 Å². The molecule has 0 aliphatic rings. The predicted octanol–water partition coefficient (Wildman–Crippen LogP) is 8.20. The van der Waals surface area contributed by atoms with Crippen LogP contribution in [0.15, 0.2) is 24.3 Å². The molecule has 48 heavy (non-hydrogen) atoms. The van der Waals surface area contributed by atoms with Crippen LogP contribution in [0, 0.1) is 0 Å². The van der Waals surface area contributed by atoms with E-state index in [1.165, 1.54) is 142 Å². The van der Waals surface area contributed by atoms with Crippen molar-refractivity contribution in [1.29, 1.82) is 0 Å². The van der Waals surface area contributed by atoms with Crippen LogP contribution in [-0.2, 0) is 9.59 Å². The van der Waals surface area contributed by atoms with Gasteiger partial charge in [0, 0.05) is 13.8 Å². The number of unbranched alkanes of at least 4 members (excludes halogenated alkanes) is 22. The summed E-state index contributed by atoms with van der Waals surface area (Å²) < 4.78 is 0. The van der Waals surface area contributed by atoms with Crippen LogP contribution >= 0.6 is 0 Å². The number of carbonyl (C=O) groups excluding carboxylic acids is 2. The molecule has 0 aromatic heterocycles. The number of aliphatic hydroxyl groups is 4. The second kappa shape index (κ2) is 38.1. The van der Waals surface area contributed by atoms with Crippen molar-refractivity contribution in [2.24, 2.45) is 0 Å². The second-order valence-electron chi connectivity index (χ2n) is 13.5. The van der Waals surface area contributed by atoms with E-state index in [9.17, 15) is 19.8 Å². The molecule has 0 saturated carbocycles. The molecule has 8 heteroatoms. The highest BCUT2D eigenvalue weighted by Crippen LogP contribution is 2.13. The molecule has 0 aliphatic heterocycles. The fourth-order valence-corrected chi connectivity index (χ4v) is 5.59. The largest absolute Gasteiger partial charge is 0.394 e. The average Bonchev–Trinajstić information content (AvgIpc) is 3.06. The van der Waals surface area contributed by atoms with Gasteiger partial charge in [0.05, 0.1) is 37.5 Å². The number of carbonyl (C=O) groups is 2. The molecule has 6 N–H and O–H groups in total. The van der Waals surface area contributed by atoms with Crippen molar-refractivity contribution in [3.63, 3.8) is 0 Å². The molecule has 0 spiro atoms. The van der Waals surface area contributed by atoms with Crippen LogP contribution in [0.1, 0.15) is 182 Å². The molecule has 0 rings (SSSR count). The Hall–Kier alpha value is -1.74. The number of hydrogen-bond acceptors (Lipinski definition) is 6. The van der Waals surface area contributed by atoms with Gasteiger partial charge in [0.2, 0.25) is 11.8 Å². The monoisotopic (exact) mass is 683 g/mol. The average molecular weight is 683 g/mol. The Morgan fingerprint density at radius 3 is 0.958 bits per heavy atom. The van der Waals surface area contributed by atoms with Gasteiger partial charge in [-0.1, -0.05) is 167 Å². The summed E-state index contributed by atoms with van der Waals surface area (Å²) in [6, 6.07) is -1.23.